The first-order chi connectivity index (χ1) is 13.4. The number of fused-ring (bicyclic) bond motifs is 1. The average molecular weight is 383 g/mol. The lowest BCUT2D eigenvalue weighted by molar-refractivity contribution is 0.119. The molecule has 150 valence electrons. The van der Waals surface area contributed by atoms with Crippen molar-refractivity contribution in [2.75, 3.05) is 10.2 Å². The van der Waals surface area contributed by atoms with Gasteiger partial charge in [0.2, 0.25) is 0 Å². The standard InChI is InChI=1S/C22H30N4O2/c1-5-17-12-18(23)20-19(26(17)22(27)28-14(2)3)11-15(4)21(25-20)24-13-16-9-7-6-8-10-16/h6-11,14,17-18H,5,12-13,23H2,1-4H3,(H,24,25)/t17-,18+/m0/s1. The first-order valence-corrected chi connectivity index (χ1v) is 9.95. The van der Waals surface area contributed by atoms with E-state index in [0.29, 0.717) is 13.0 Å². The zero-order valence-corrected chi connectivity index (χ0v) is 17.1. The first-order valence-electron chi connectivity index (χ1n) is 9.95. The Bertz CT molecular complexity index is 823. The van der Waals surface area contributed by atoms with Crippen molar-refractivity contribution in [3.05, 3.63) is 53.2 Å². The van der Waals surface area contributed by atoms with Crippen LogP contribution in [0, 0.1) is 6.92 Å². The number of nitrogens with two attached hydrogens (primary N) is 1. The highest BCUT2D eigenvalue weighted by atomic mass is 16.6. The van der Waals surface area contributed by atoms with Gasteiger partial charge in [-0.15, -0.1) is 0 Å². The SMILES string of the molecule is CC[C@H]1C[C@@H](N)c2nc(NCc3ccccc3)c(C)cc2N1C(=O)OC(C)C. The lowest BCUT2D eigenvalue weighted by Gasteiger charge is -2.38. The number of carbonyl (C=O) groups excluding carboxylic acids is 1. The van der Waals surface area contributed by atoms with Gasteiger partial charge in [-0.05, 0) is 50.8 Å². The van der Waals surface area contributed by atoms with E-state index in [9.17, 15) is 4.79 Å². The highest BCUT2D eigenvalue weighted by Crippen LogP contribution is 2.38. The van der Waals surface area contributed by atoms with E-state index in [1.54, 1.807) is 4.90 Å². The van der Waals surface area contributed by atoms with E-state index >= 15 is 0 Å². The molecule has 0 saturated carbocycles. The number of anilines is 2. The second-order valence-corrected chi connectivity index (χ2v) is 7.60. The van der Waals surface area contributed by atoms with Gasteiger partial charge in [-0.2, -0.15) is 0 Å². The highest BCUT2D eigenvalue weighted by Gasteiger charge is 2.36. The van der Waals surface area contributed by atoms with Crippen LogP contribution in [0.3, 0.4) is 0 Å². The number of nitrogens with zero attached hydrogens (tertiary/aromatic N) is 2. The van der Waals surface area contributed by atoms with Crippen molar-refractivity contribution >= 4 is 17.6 Å². The van der Waals surface area contributed by atoms with Crippen LogP contribution < -0.4 is 16.0 Å². The predicted octanol–water partition coefficient (Wildman–Crippen LogP) is 4.54. The van der Waals surface area contributed by atoms with Crippen LogP contribution in [0.5, 0.6) is 0 Å². The Morgan fingerprint density at radius 3 is 2.71 bits per heavy atom. The quantitative estimate of drug-likeness (QED) is 0.794. The minimum Gasteiger partial charge on any atom is -0.446 e. The van der Waals surface area contributed by atoms with E-state index in [1.165, 1.54) is 5.56 Å². The molecule has 2 aromatic rings. The maximum atomic E-state index is 12.8. The van der Waals surface area contributed by atoms with Gasteiger partial charge in [-0.1, -0.05) is 37.3 Å². The fourth-order valence-electron chi connectivity index (χ4n) is 3.60. The number of ether oxygens (including phenoxy) is 1. The topological polar surface area (TPSA) is 80.5 Å². The van der Waals surface area contributed by atoms with Gasteiger partial charge in [0.1, 0.15) is 5.82 Å². The van der Waals surface area contributed by atoms with Crippen LogP contribution in [0.2, 0.25) is 0 Å². The first kappa shape index (κ1) is 20.1. The Morgan fingerprint density at radius 1 is 1.36 bits per heavy atom. The van der Waals surface area contributed by atoms with Crippen molar-refractivity contribution in [1.82, 2.24) is 4.98 Å². The molecule has 0 radical (unpaired) electrons. The average Bonchev–Trinajstić information content (AvgIpc) is 2.66. The van der Waals surface area contributed by atoms with Crippen molar-refractivity contribution in [1.29, 1.82) is 0 Å². The molecule has 1 aromatic heterocycles. The Balaban J connectivity index is 1.92. The number of aryl methyl sites for hydroxylation is 1. The van der Waals surface area contributed by atoms with Crippen molar-refractivity contribution in [2.45, 2.75) is 65.3 Å². The molecule has 0 saturated heterocycles. The minimum absolute atomic E-state index is 0.0121. The molecular weight excluding hydrogens is 352 g/mol. The number of pyridine rings is 1. The van der Waals surface area contributed by atoms with E-state index in [4.69, 9.17) is 15.5 Å². The zero-order chi connectivity index (χ0) is 20.3. The van der Waals surface area contributed by atoms with Gasteiger partial charge in [-0.25, -0.2) is 9.78 Å². The van der Waals surface area contributed by atoms with Gasteiger partial charge in [0.05, 0.1) is 23.5 Å². The number of rotatable bonds is 5. The summed E-state index contributed by atoms with van der Waals surface area (Å²) in [5.41, 5.74) is 10.1. The number of amides is 1. The van der Waals surface area contributed by atoms with Gasteiger partial charge in [0.15, 0.2) is 0 Å². The van der Waals surface area contributed by atoms with Crippen molar-refractivity contribution in [3.63, 3.8) is 0 Å². The number of hydrogen-bond acceptors (Lipinski definition) is 5. The summed E-state index contributed by atoms with van der Waals surface area (Å²) in [7, 11) is 0. The van der Waals surface area contributed by atoms with Crippen molar-refractivity contribution < 1.29 is 9.53 Å². The van der Waals surface area contributed by atoms with E-state index in [-0.39, 0.29) is 24.3 Å². The second-order valence-electron chi connectivity index (χ2n) is 7.60. The van der Waals surface area contributed by atoms with Crippen LogP contribution in [0.4, 0.5) is 16.3 Å². The second kappa shape index (κ2) is 8.61. The Morgan fingerprint density at radius 2 is 2.07 bits per heavy atom. The third kappa shape index (κ3) is 4.28. The van der Waals surface area contributed by atoms with E-state index in [0.717, 1.165) is 29.2 Å². The monoisotopic (exact) mass is 382 g/mol. The summed E-state index contributed by atoms with van der Waals surface area (Å²) in [5.74, 6) is 0.796. The third-order valence-electron chi connectivity index (χ3n) is 5.03. The van der Waals surface area contributed by atoms with Gasteiger partial charge in [0.25, 0.3) is 0 Å². The number of benzene rings is 1. The molecule has 1 aliphatic heterocycles. The molecule has 2 atom stereocenters. The minimum atomic E-state index is -0.332. The summed E-state index contributed by atoms with van der Waals surface area (Å²) in [4.78, 5) is 19.3. The van der Waals surface area contributed by atoms with Crippen molar-refractivity contribution in [2.24, 2.45) is 5.73 Å². The molecule has 3 N–H and O–H groups in total. The molecular formula is C22H30N4O2. The molecule has 0 bridgehead atoms. The largest absolute Gasteiger partial charge is 0.446 e. The lowest BCUT2D eigenvalue weighted by atomic mass is 9.93. The van der Waals surface area contributed by atoms with Gasteiger partial charge >= 0.3 is 6.09 Å². The maximum Gasteiger partial charge on any atom is 0.414 e. The molecule has 2 heterocycles. The van der Waals surface area contributed by atoms with Crippen LogP contribution in [0.15, 0.2) is 36.4 Å². The van der Waals surface area contributed by atoms with E-state index in [1.807, 2.05) is 45.0 Å². The maximum absolute atomic E-state index is 12.8. The summed E-state index contributed by atoms with van der Waals surface area (Å²) in [6.07, 6.45) is 0.976. The van der Waals surface area contributed by atoms with Crippen LogP contribution in [-0.2, 0) is 11.3 Å². The van der Waals surface area contributed by atoms with E-state index in [2.05, 4.69) is 24.4 Å². The Kier molecular flexibility index (Phi) is 6.19. The van der Waals surface area contributed by atoms with E-state index < -0.39 is 0 Å². The summed E-state index contributed by atoms with van der Waals surface area (Å²) in [6.45, 7) is 8.45. The van der Waals surface area contributed by atoms with Crippen LogP contribution in [0.25, 0.3) is 0 Å². The van der Waals surface area contributed by atoms with Crippen LogP contribution in [-0.4, -0.2) is 23.2 Å². The number of nitrogens with one attached hydrogen (secondary N) is 1. The number of hydrogen-bond donors (Lipinski definition) is 2. The molecule has 1 aromatic carbocycles. The number of carbonyl (C=O) groups is 1. The fourth-order valence-corrected chi connectivity index (χ4v) is 3.60. The molecule has 3 rings (SSSR count). The Hall–Kier alpha value is -2.60. The Labute approximate surface area is 167 Å². The zero-order valence-electron chi connectivity index (χ0n) is 17.1. The summed E-state index contributed by atoms with van der Waals surface area (Å²) in [5, 5.41) is 3.40. The van der Waals surface area contributed by atoms with Gasteiger partial charge < -0.3 is 15.8 Å². The molecule has 0 unspecified atom stereocenters. The van der Waals surface area contributed by atoms with Crippen molar-refractivity contribution in [3.8, 4) is 0 Å². The summed E-state index contributed by atoms with van der Waals surface area (Å²) >= 11 is 0. The fraction of sp³-hybridized carbons (Fsp3) is 0.455. The molecule has 28 heavy (non-hydrogen) atoms. The smallest absolute Gasteiger partial charge is 0.414 e. The van der Waals surface area contributed by atoms with Gasteiger partial charge in [0, 0.05) is 12.6 Å². The number of aromatic nitrogens is 1. The molecule has 0 fully saturated rings. The summed E-state index contributed by atoms with van der Waals surface area (Å²) < 4.78 is 5.49. The van der Waals surface area contributed by atoms with Crippen LogP contribution in [0.1, 0.15) is 56.5 Å². The third-order valence-corrected chi connectivity index (χ3v) is 5.03. The highest BCUT2D eigenvalue weighted by molar-refractivity contribution is 5.90. The van der Waals surface area contributed by atoms with Gasteiger partial charge in [-0.3, -0.25) is 4.90 Å². The normalized spacial score (nSPS) is 18.7. The summed E-state index contributed by atoms with van der Waals surface area (Å²) in [6, 6.07) is 12.0. The van der Waals surface area contributed by atoms with Crippen LogP contribution >= 0.6 is 0 Å². The molecule has 6 nitrogen and oxygen atoms in total. The molecule has 6 heteroatoms. The lowest BCUT2D eigenvalue weighted by Crippen LogP contribution is -2.47. The molecule has 0 spiro atoms. The molecule has 0 aliphatic carbocycles. The predicted molar refractivity (Wildman–Crippen MR) is 112 cm³/mol. The molecule has 1 amide bonds. The molecule has 1 aliphatic rings.